The first kappa shape index (κ1) is 18.5. The van der Waals surface area contributed by atoms with Crippen molar-refractivity contribution in [1.29, 1.82) is 0 Å². The molecule has 2 aliphatic heterocycles. The standard InChI is InChI=1S/C15H19IO7S/c1-10-2-4-11(5-3-10)24(17,18)23-7-13-15(22-9-20-13)14-12(6-16)19-8-21-14/h2-5,12-15H,6-9H2,1H3/t12-,13+,14-,15+/m0/s1. The molecule has 3 rings (SSSR count). The van der Waals surface area contributed by atoms with E-state index in [4.69, 9.17) is 23.1 Å². The molecule has 2 saturated heterocycles. The molecule has 0 N–H and O–H groups in total. The van der Waals surface area contributed by atoms with Gasteiger partial charge in [-0.2, -0.15) is 8.42 Å². The summed E-state index contributed by atoms with van der Waals surface area (Å²) in [6.45, 7) is 2.04. The van der Waals surface area contributed by atoms with Crippen LogP contribution in [0.4, 0.5) is 0 Å². The van der Waals surface area contributed by atoms with Crippen LogP contribution in [0, 0.1) is 6.92 Å². The zero-order valence-corrected chi connectivity index (χ0v) is 16.1. The first-order valence-corrected chi connectivity index (χ1v) is 10.4. The maximum atomic E-state index is 12.3. The summed E-state index contributed by atoms with van der Waals surface area (Å²) in [6, 6.07) is 6.49. The van der Waals surface area contributed by atoms with Crippen LogP contribution < -0.4 is 0 Å². The van der Waals surface area contributed by atoms with Crippen LogP contribution in [0.3, 0.4) is 0 Å². The van der Waals surface area contributed by atoms with E-state index < -0.39 is 22.3 Å². The summed E-state index contributed by atoms with van der Waals surface area (Å²) in [7, 11) is -3.84. The highest BCUT2D eigenvalue weighted by molar-refractivity contribution is 14.1. The average molecular weight is 470 g/mol. The third-order valence-corrected chi connectivity index (χ3v) is 6.16. The van der Waals surface area contributed by atoms with Gasteiger partial charge in [0.2, 0.25) is 0 Å². The van der Waals surface area contributed by atoms with Crippen LogP contribution in [0.25, 0.3) is 0 Å². The first-order valence-electron chi connectivity index (χ1n) is 7.50. The molecule has 0 amide bonds. The van der Waals surface area contributed by atoms with Gasteiger partial charge in [-0.05, 0) is 19.1 Å². The predicted molar refractivity (Wildman–Crippen MR) is 92.4 cm³/mol. The van der Waals surface area contributed by atoms with E-state index in [-0.39, 0.29) is 37.3 Å². The minimum absolute atomic E-state index is 0.0805. The van der Waals surface area contributed by atoms with E-state index in [1.807, 2.05) is 6.92 Å². The average Bonchev–Trinajstić information content (AvgIpc) is 3.21. The molecule has 0 bridgehead atoms. The fourth-order valence-electron chi connectivity index (χ4n) is 2.63. The Hall–Kier alpha value is -0.300. The summed E-state index contributed by atoms with van der Waals surface area (Å²) in [5, 5.41) is 0. The van der Waals surface area contributed by atoms with E-state index in [1.165, 1.54) is 12.1 Å². The minimum Gasteiger partial charge on any atom is -0.349 e. The molecule has 1 aromatic rings. The van der Waals surface area contributed by atoms with Gasteiger partial charge in [0, 0.05) is 4.43 Å². The molecule has 1 aromatic carbocycles. The Morgan fingerprint density at radius 2 is 1.62 bits per heavy atom. The van der Waals surface area contributed by atoms with Gasteiger partial charge >= 0.3 is 0 Å². The van der Waals surface area contributed by atoms with Crippen molar-refractivity contribution in [2.45, 2.75) is 36.2 Å². The normalized spacial score (nSPS) is 30.8. The van der Waals surface area contributed by atoms with Crippen LogP contribution in [0.2, 0.25) is 0 Å². The first-order chi connectivity index (χ1) is 11.5. The number of alkyl halides is 1. The number of hydrogen-bond acceptors (Lipinski definition) is 7. The summed E-state index contributed by atoms with van der Waals surface area (Å²) in [4.78, 5) is 0.120. The van der Waals surface area contributed by atoms with E-state index in [1.54, 1.807) is 12.1 Å². The Morgan fingerprint density at radius 1 is 1.04 bits per heavy atom. The lowest BCUT2D eigenvalue weighted by molar-refractivity contribution is -0.0324. The third kappa shape index (κ3) is 4.09. The maximum absolute atomic E-state index is 12.3. The molecule has 0 aliphatic carbocycles. The SMILES string of the molecule is Cc1ccc(S(=O)(=O)OC[C@H]2OCO[C@H]2[C@H]2OCO[C@H]2CI)cc1. The lowest BCUT2D eigenvalue weighted by Gasteiger charge is -2.24. The molecule has 0 aromatic heterocycles. The van der Waals surface area contributed by atoms with Crippen LogP contribution in [0.15, 0.2) is 29.2 Å². The molecule has 0 radical (unpaired) electrons. The zero-order chi connectivity index (χ0) is 17.2. The molecule has 0 saturated carbocycles. The molecule has 0 unspecified atom stereocenters. The van der Waals surface area contributed by atoms with Crippen molar-refractivity contribution in [3.63, 3.8) is 0 Å². The van der Waals surface area contributed by atoms with Gasteiger partial charge in [-0.3, -0.25) is 4.18 Å². The molecule has 7 nitrogen and oxygen atoms in total. The van der Waals surface area contributed by atoms with Crippen LogP contribution in [0.1, 0.15) is 5.56 Å². The Bertz CT molecular complexity index is 648. The van der Waals surface area contributed by atoms with Gasteiger partial charge in [0.15, 0.2) is 0 Å². The van der Waals surface area contributed by atoms with Gasteiger partial charge in [0.05, 0.1) is 17.6 Å². The monoisotopic (exact) mass is 470 g/mol. The second-order valence-electron chi connectivity index (χ2n) is 5.61. The molecular weight excluding hydrogens is 451 g/mol. The van der Waals surface area contributed by atoms with Gasteiger partial charge < -0.3 is 18.9 Å². The summed E-state index contributed by atoms with van der Waals surface area (Å²) < 4.78 is 52.5. The molecule has 24 heavy (non-hydrogen) atoms. The highest BCUT2D eigenvalue weighted by Gasteiger charge is 2.44. The van der Waals surface area contributed by atoms with Gasteiger partial charge in [-0.1, -0.05) is 40.3 Å². The molecule has 2 aliphatic rings. The van der Waals surface area contributed by atoms with Crippen LogP contribution in [-0.2, 0) is 33.2 Å². The molecule has 2 fully saturated rings. The number of rotatable bonds is 6. The molecular formula is C15H19IO7S. The van der Waals surface area contributed by atoms with Crippen LogP contribution in [-0.4, -0.2) is 57.5 Å². The number of hydrogen-bond donors (Lipinski definition) is 0. The third-order valence-electron chi connectivity index (χ3n) is 3.99. The summed E-state index contributed by atoms with van der Waals surface area (Å²) in [6.07, 6.45) is -1.34. The molecule has 0 spiro atoms. The van der Waals surface area contributed by atoms with E-state index in [0.29, 0.717) is 0 Å². The van der Waals surface area contributed by atoms with E-state index in [0.717, 1.165) is 9.99 Å². The van der Waals surface area contributed by atoms with Crippen molar-refractivity contribution in [3.05, 3.63) is 29.8 Å². The van der Waals surface area contributed by atoms with Crippen molar-refractivity contribution in [3.8, 4) is 0 Å². The van der Waals surface area contributed by atoms with Gasteiger partial charge in [0.1, 0.15) is 31.9 Å². The van der Waals surface area contributed by atoms with Crippen molar-refractivity contribution in [2.24, 2.45) is 0 Å². The van der Waals surface area contributed by atoms with Crippen LogP contribution in [0.5, 0.6) is 0 Å². The van der Waals surface area contributed by atoms with Gasteiger partial charge in [-0.15, -0.1) is 0 Å². The maximum Gasteiger partial charge on any atom is 0.297 e. The second-order valence-corrected chi connectivity index (χ2v) is 8.11. The smallest absolute Gasteiger partial charge is 0.297 e. The molecule has 134 valence electrons. The Labute approximate surface area is 154 Å². The highest BCUT2D eigenvalue weighted by atomic mass is 127. The van der Waals surface area contributed by atoms with Crippen molar-refractivity contribution < 1.29 is 31.5 Å². The largest absolute Gasteiger partial charge is 0.349 e. The fraction of sp³-hybridized carbons (Fsp3) is 0.600. The molecule has 9 heteroatoms. The Morgan fingerprint density at radius 3 is 2.25 bits per heavy atom. The van der Waals surface area contributed by atoms with E-state index >= 15 is 0 Å². The van der Waals surface area contributed by atoms with Crippen molar-refractivity contribution >= 4 is 32.7 Å². The van der Waals surface area contributed by atoms with Crippen LogP contribution >= 0.6 is 22.6 Å². The van der Waals surface area contributed by atoms with E-state index in [9.17, 15) is 8.42 Å². The van der Waals surface area contributed by atoms with Gasteiger partial charge in [0.25, 0.3) is 10.1 Å². The Balaban J connectivity index is 1.63. The summed E-state index contributed by atoms with van der Waals surface area (Å²) in [5.74, 6) is 0. The topological polar surface area (TPSA) is 80.3 Å². The van der Waals surface area contributed by atoms with E-state index in [2.05, 4.69) is 22.6 Å². The predicted octanol–water partition coefficient (Wildman–Crippen LogP) is 1.62. The summed E-state index contributed by atoms with van der Waals surface area (Å²) >= 11 is 2.21. The number of ether oxygens (including phenoxy) is 4. The highest BCUT2D eigenvalue weighted by Crippen LogP contribution is 2.27. The minimum atomic E-state index is -3.84. The lowest BCUT2D eigenvalue weighted by atomic mass is 10.0. The number of aryl methyl sites for hydroxylation is 1. The number of benzene rings is 1. The number of halogens is 1. The van der Waals surface area contributed by atoms with Crippen molar-refractivity contribution in [1.82, 2.24) is 0 Å². The fourth-order valence-corrected chi connectivity index (χ4v) is 4.31. The zero-order valence-electron chi connectivity index (χ0n) is 13.1. The quantitative estimate of drug-likeness (QED) is 0.355. The second kappa shape index (κ2) is 7.94. The lowest BCUT2D eigenvalue weighted by Crippen LogP contribution is -2.44. The molecule has 4 atom stereocenters. The summed E-state index contributed by atoms with van der Waals surface area (Å²) in [5.41, 5.74) is 0.977. The van der Waals surface area contributed by atoms with Gasteiger partial charge in [-0.25, -0.2) is 0 Å². The van der Waals surface area contributed by atoms with Crippen molar-refractivity contribution in [2.75, 3.05) is 24.6 Å². The molecule has 2 heterocycles. The Kier molecular flexibility index (Phi) is 6.11.